The van der Waals surface area contributed by atoms with Crippen LogP contribution in [0.4, 0.5) is 4.39 Å². The minimum atomic E-state index is -0.917. The molecule has 1 heterocycles. The first-order chi connectivity index (χ1) is 9.47. The number of carbonyl (C=O) groups is 1. The van der Waals surface area contributed by atoms with Crippen LogP contribution in [0.25, 0.3) is 5.69 Å². The predicted octanol–water partition coefficient (Wildman–Crippen LogP) is 3.20. The molecule has 6 heteroatoms. The van der Waals surface area contributed by atoms with E-state index in [0.29, 0.717) is 34.4 Å². The lowest BCUT2D eigenvalue weighted by atomic mass is 10.0. The van der Waals surface area contributed by atoms with Crippen molar-refractivity contribution in [3.05, 3.63) is 45.9 Å². The van der Waals surface area contributed by atoms with E-state index >= 15 is 0 Å². The van der Waals surface area contributed by atoms with Gasteiger partial charge in [-0.2, -0.15) is 5.10 Å². The molecule has 0 atom stereocenters. The molecule has 1 aliphatic rings. The van der Waals surface area contributed by atoms with Gasteiger partial charge in [-0.1, -0.05) is 12.1 Å². The van der Waals surface area contributed by atoms with Crippen molar-refractivity contribution in [1.29, 1.82) is 0 Å². The second-order valence-electron chi connectivity index (χ2n) is 5.00. The van der Waals surface area contributed by atoms with E-state index in [2.05, 4.69) is 21.0 Å². The van der Waals surface area contributed by atoms with Gasteiger partial charge in [-0.05, 0) is 47.8 Å². The molecule has 1 N–H and O–H groups in total. The van der Waals surface area contributed by atoms with Crippen LogP contribution in [0, 0.1) is 12.7 Å². The lowest BCUT2D eigenvalue weighted by Gasteiger charge is -2.06. The molecule has 1 aromatic carbocycles. The number of para-hydroxylation sites is 1. The van der Waals surface area contributed by atoms with Crippen molar-refractivity contribution in [3.8, 4) is 5.69 Å². The summed E-state index contributed by atoms with van der Waals surface area (Å²) in [7, 11) is 0. The summed E-state index contributed by atoms with van der Waals surface area (Å²) in [5, 5.41) is 13.7. The summed E-state index contributed by atoms with van der Waals surface area (Å²) in [6.07, 6.45) is 1.13. The Morgan fingerprint density at radius 2 is 2.10 bits per heavy atom. The van der Waals surface area contributed by atoms with E-state index in [1.165, 1.54) is 10.7 Å². The molecule has 0 radical (unpaired) electrons. The molecule has 1 fully saturated rings. The molecule has 0 aliphatic heterocycles. The molecule has 0 bridgehead atoms. The van der Waals surface area contributed by atoms with Gasteiger partial charge in [0.25, 0.3) is 0 Å². The van der Waals surface area contributed by atoms with Crippen LogP contribution in [0.2, 0.25) is 0 Å². The summed E-state index contributed by atoms with van der Waals surface area (Å²) >= 11 is 3.40. The van der Waals surface area contributed by atoms with Gasteiger partial charge in [0.05, 0.1) is 15.9 Å². The van der Waals surface area contributed by atoms with Gasteiger partial charge in [0, 0.05) is 0 Å². The van der Waals surface area contributed by atoms with Gasteiger partial charge in [-0.25, -0.2) is 9.07 Å². The molecule has 1 aromatic heterocycles. The number of hydrogen-bond donors (Lipinski definition) is 1. The number of aromatic nitrogens is 2. The molecule has 0 saturated heterocycles. The molecule has 2 aromatic rings. The van der Waals surface area contributed by atoms with Crippen molar-refractivity contribution < 1.29 is 14.3 Å². The molecule has 1 saturated carbocycles. The van der Waals surface area contributed by atoms with Crippen molar-refractivity contribution in [2.24, 2.45) is 0 Å². The number of carboxylic acids is 1. The Balaban J connectivity index is 2.17. The third kappa shape index (κ3) is 1.78. The second-order valence-corrected chi connectivity index (χ2v) is 5.79. The van der Waals surface area contributed by atoms with Crippen LogP contribution >= 0.6 is 15.9 Å². The van der Waals surface area contributed by atoms with Gasteiger partial charge in [-0.3, -0.25) is 4.79 Å². The third-order valence-electron chi connectivity index (χ3n) is 3.74. The number of carboxylic acid groups (broad SMARTS) is 1. The van der Waals surface area contributed by atoms with Crippen molar-refractivity contribution in [3.63, 3.8) is 0 Å². The number of rotatable bonds is 3. The Bertz CT molecular complexity index is 707. The van der Waals surface area contributed by atoms with Crippen LogP contribution in [0.15, 0.2) is 28.7 Å². The van der Waals surface area contributed by atoms with Crippen LogP contribution in [0.1, 0.15) is 24.2 Å². The Morgan fingerprint density at radius 1 is 1.45 bits per heavy atom. The quantitative estimate of drug-likeness (QED) is 0.934. The summed E-state index contributed by atoms with van der Waals surface area (Å²) < 4.78 is 16.0. The van der Waals surface area contributed by atoms with Gasteiger partial charge in [0.1, 0.15) is 16.9 Å². The largest absolute Gasteiger partial charge is 0.481 e. The molecule has 3 rings (SSSR count). The number of hydrogen-bond acceptors (Lipinski definition) is 2. The first kappa shape index (κ1) is 13.3. The van der Waals surface area contributed by atoms with Crippen LogP contribution < -0.4 is 0 Å². The van der Waals surface area contributed by atoms with Crippen LogP contribution in [0.5, 0.6) is 0 Å². The average molecular weight is 339 g/mol. The van der Waals surface area contributed by atoms with E-state index in [0.717, 1.165) is 0 Å². The number of nitrogens with zero attached hydrogens (tertiary/aromatic N) is 2. The van der Waals surface area contributed by atoms with Crippen molar-refractivity contribution >= 4 is 21.9 Å². The van der Waals surface area contributed by atoms with Crippen molar-refractivity contribution in [2.75, 3.05) is 0 Å². The second kappa shape index (κ2) is 4.41. The van der Waals surface area contributed by atoms with Crippen molar-refractivity contribution in [1.82, 2.24) is 9.78 Å². The molecule has 4 nitrogen and oxygen atoms in total. The Hall–Kier alpha value is -1.69. The lowest BCUT2D eigenvalue weighted by molar-refractivity contribution is -0.140. The standard InChI is InChI=1S/C14H12BrFN2O2/c1-8-11(15)12(14(6-7-14)13(19)20)17-18(8)10-5-3-2-4-9(10)16/h2-5H,6-7H2,1H3,(H,19,20). The normalized spacial score (nSPS) is 16.1. The molecule has 0 amide bonds. The number of halogens is 2. The van der Waals surface area contributed by atoms with Crippen LogP contribution in [-0.2, 0) is 10.2 Å². The fourth-order valence-corrected chi connectivity index (χ4v) is 2.95. The highest BCUT2D eigenvalue weighted by Gasteiger charge is 2.55. The summed E-state index contributed by atoms with van der Waals surface area (Å²) in [6.45, 7) is 1.78. The van der Waals surface area contributed by atoms with E-state index in [-0.39, 0.29) is 0 Å². The smallest absolute Gasteiger partial charge is 0.315 e. The minimum absolute atomic E-state index is 0.318. The topological polar surface area (TPSA) is 55.1 Å². The molecule has 1 aliphatic carbocycles. The highest BCUT2D eigenvalue weighted by molar-refractivity contribution is 9.10. The maximum absolute atomic E-state index is 13.9. The Kier molecular flexibility index (Phi) is 2.93. The fourth-order valence-electron chi connectivity index (χ4n) is 2.32. The highest BCUT2D eigenvalue weighted by Crippen LogP contribution is 2.50. The van der Waals surface area contributed by atoms with Gasteiger partial charge >= 0.3 is 5.97 Å². The van der Waals surface area contributed by atoms with Gasteiger partial charge in [-0.15, -0.1) is 0 Å². The first-order valence-electron chi connectivity index (χ1n) is 6.21. The Morgan fingerprint density at radius 3 is 2.65 bits per heavy atom. The summed E-state index contributed by atoms with van der Waals surface area (Å²) in [4.78, 5) is 11.4. The SMILES string of the molecule is Cc1c(Br)c(C2(C(=O)O)CC2)nn1-c1ccccc1F. The molecular formula is C14H12BrFN2O2. The molecule has 20 heavy (non-hydrogen) atoms. The zero-order valence-corrected chi connectivity index (χ0v) is 12.3. The van der Waals surface area contributed by atoms with Gasteiger partial charge in [0.2, 0.25) is 0 Å². The van der Waals surface area contributed by atoms with E-state index < -0.39 is 17.2 Å². The third-order valence-corrected chi connectivity index (χ3v) is 4.69. The van der Waals surface area contributed by atoms with Crippen LogP contribution in [0.3, 0.4) is 0 Å². The summed E-state index contributed by atoms with van der Waals surface area (Å²) in [6, 6.07) is 6.30. The zero-order valence-electron chi connectivity index (χ0n) is 10.7. The average Bonchev–Trinajstić information content (AvgIpc) is 3.16. The molecule has 0 unspecified atom stereocenters. The molecular weight excluding hydrogens is 327 g/mol. The first-order valence-corrected chi connectivity index (χ1v) is 7.00. The lowest BCUT2D eigenvalue weighted by Crippen LogP contribution is -2.20. The molecule has 0 spiro atoms. The maximum atomic E-state index is 13.9. The van der Waals surface area contributed by atoms with Crippen molar-refractivity contribution in [2.45, 2.75) is 25.2 Å². The Labute approximate surface area is 123 Å². The monoisotopic (exact) mass is 338 g/mol. The molecule has 104 valence electrons. The minimum Gasteiger partial charge on any atom is -0.481 e. The number of benzene rings is 1. The van der Waals surface area contributed by atoms with E-state index in [9.17, 15) is 14.3 Å². The van der Waals surface area contributed by atoms with E-state index in [1.54, 1.807) is 25.1 Å². The zero-order chi connectivity index (χ0) is 14.5. The van der Waals surface area contributed by atoms with E-state index in [1.807, 2.05) is 0 Å². The summed E-state index contributed by atoms with van der Waals surface area (Å²) in [5.41, 5.74) is 0.571. The summed E-state index contributed by atoms with van der Waals surface area (Å²) in [5.74, 6) is -1.27. The fraction of sp³-hybridized carbons (Fsp3) is 0.286. The number of aliphatic carboxylic acids is 1. The van der Waals surface area contributed by atoms with Gasteiger partial charge < -0.3 is 5.11 Å². The van der Waals surface area contributed by atoms with E-state index in [4.69, 9.17) is 0 Å². The predicted molar refractivity (Wildman–Crippen MR) is 74.5 cm³/mol. The van der Waals surface area contributed by atoms with Crippen LogP contribution in [-0.4, -0.2) is 20.9 Å². The maximum Gasteiger partial charge on any atom is 0.315 e. The highest BCUT2D eigenvalue weighted by atomic mass is 79.9. The van der Waals surface area contributed by atoms with Gasteiger partial charge in [0.15, 0.2) is 0 Å².